The molecule has 1 nitrogen and oxygen atoms in total. The average molecular weight is 302 g/mol. The lowest BCUT2D eigenvalue weighted by Crippen LogP contribution is -2.34. The second-order valence-corrected chi connectivity index (χ2v) is 6.89. The molecule has 0 bridgehead atoms. The van der Waals surface area contributed by atoms with Crippen LogP contribution in [0.25, 0.3) is 0 Å². The molecule has 1 aromatic rings. The predicted molar refractivity (Wildman–Crippen MR) is 74.9 cm³/mol. The molecule has 1 saturated carbocycles. The maximum atomic E-state index is 3.61. The maximum Gasteiger partial charge on any atom is 0.0339 e. The minimum Gasteiger partial charge on any atom is -0.298 e. The first-order chi connectivity index (χ1) is 7.66. The Labute approximate surface area is 111 Å². The zero-order valence-corrected chi connectivity index (χ0v) is 12.5. The van der Waals surface area contributed by atoms with Gasteiger partial charge in [0.1, 0.15) is 0 Å². The van der Waals surface area contributed by atoms with Gasteiger partial charge >= 0.3 is 0 Å². The van der Waals surface area contributed by atoms with Gasteiger partial charge in [0.15, 0.2) is 0 Å². The maximum absolute atomic E-state index is 3.61. The molecule has 0 aliphatic heterocycles. The van der Waals surface area contributed by atoms with E-state index in [1.54, 1.807) is 0 Å². The van der Waals surface area contributed by atoms with Gasteiger partial charge in [-0.3, -0.25) is 4.90 Å². The molecule has 0 saturated heterocycles. The fraction of sp³-hybridized carbons (Fsp3) is 0.692. The zero-order valence-electron chi connectivity index (χ0n) is 10.1. The third-order valence-corrected chi connectivity index (χ3v) is 5.53. The van der Waals surface area contributed by atoms with Crippen LogP contribution < -0.4 is 0 Å². The fourth-order valence-corrected chi connectivity index (χ4v) is 4.14. The molecule has 1 aromatic heterocycles. The van der Waals surface area contributed by atoms with Crippen LogP contribution in [-0.2, 0) is 6.54 Å². The van der Waals surface area contributed by atoms with Crippen LogP contribution in [0, 0.1) is 5.92 Å². The van der Waals surface area contributed by atoms with Crippen molar-refractivity contribution in [3.8, 4) is 0 Å². The molecule has 2 unspecified atom stereocenters. The minimum atomic E-state index is 0.790. The van der Waals surface area contributed by atoms with Gasteiger partial charge in [0.05, 0.1) is 0 Å². The van der Waals surface area contributed by atoms with E-state index in [0.717, 1.165) is 18.5 Å². The third kappa shape index (κ3) is 3.08. The molecule has 0 aromatic carbocycles. The lowest BCUT2D eigenvalue weighted by Gasteiger charge is -2.34. The van der Waals surface area contributed by atoms with Crippen molar-refractivity contribution in [2.75, 3.05) is 7.05 Å². The van der Waals surface area contributed by atoms with Gasteiger partial charge in [0.2, 0.25) is 0 Å². The Morgan fingerprint density at radius 2 is 2.31 bits per heavy atom. The van der Waals surface area contributed by atoms with Gasteiger partial charge in [-0.2, -0.15) is 0 Å². The highest BCUT2D eigenvalue weighted by Crippen LogP contribution is 2.29. The summed E-state index contributed by atoms with van der Waals surface area (Å²) in [7, 11) is 2.27. The van der Waals surface area contributed by atoms with Crippen LogP contribution in [0.1, 0.15) is 37.5 Å². The van der Waals surface area contributed by atoms with Gasteiger partial charge in [0, 0.05) is 21.9 Å². The lowest BCUT2D eigenvalue weighted by atomic mass is 9.86. The van der Waals surface area contributed by atoms with Crippen molar-refractivity contribution in [2.24, 2.45) is 5.92 Å². The van der Waals surface area contributed by atoms with Gasteiger partial charge in [0.25, 0.3) is 0 Å². The van der Waals surface area contributed by atoms with Crippen LogP contribution in [0.15, 0.2) is 15.9 Å². The fourth-order valence-electron chi connectivity index (χ4n) is 2.60. The first-order valence-corrected chi connectivity index (χ1v) is 7.76. The largest absolute Gasteiger partial charge is 0.298 e. The Morgan fingerprint density at radius 1 is 1.50 bits per heavy atom. The van der Waals surface area contributed by atoms with Crippen molar-refractivity contribution < 1.29 is 0 Å². The SMILES string of the molecule is CC1CCCC(N(C)Cc2sccc2Br)C1. The quantitative estimate of drug-likeness (QED) is 0.793. The Morgan fingerprint density at radius 3 is 2.94 bits per heavy atom. The zero-order chi connectivity index (χ0) is 11.5. The second kappa shape index (κ2) is 5.65. The molecule has 90 valence electrons. The molecule has 3 heteroatoms. The summed E-state index contributed by atoms with van der Waals surface area (Å²) in [6, 6.07) is 2.94. The summed E-state index contributed by atoms with van der Waals surface area (Å²) >= 11 is 5.47. The molecule has 0 amide bonds. The van der Waals surface area contributed by atoms with E-state index in [9.17, 15) is 0 Å². The summed E-state index contributed by atoms with van der Waals surface area (Å²) in [6.45, 7) is 3.48. The smallest absolute Gasteiger partial charge is 0.0339 e. The van der Waals surface area contributed by atoms with Crippen LogP contribution in [0.2, 0.25) is 0 Å². The molecule has 2 atom stereocenters. The lowest BCUT2D eigenvalue weighted by molar-refractivity contribution is 0.158. The Kier molecular flexibility index (Phi) is 4.45. The van der Waals surface area contributed by atoms with Gasteiger partial charge in [-0.25, -0.2) is 0 Å². The Hall–Kier alpha value is 0.140. The summed E-state index contributed by atoms with van der Waals surface area (Å²) in [5.74, 6) is 0.910. The van der Waals surface area contributed by atoms with Crippen LogP contribution in [0.5, 0.6) is 0 Å². The summed E-state index contributed by atoms with van der Waals surface area (Å²) < 4.78 is 1.27. The number of hydrogen-bond donors (Lipinski definition) is 0. The molecular formula is C13H20BrNS. The molecule has 1 heterocycles. The van der Waals surface area contributed by atoms with Gasteiger partial charge in [-0.05, 0) is 53.2 Å². The standard InChI is InChI=1S/C13H20BrNS/c1-10-4-3-5-11(8-10)15(2)9-13-12(14)6-7-16-13/h6-7,10-11H,3-5,8-9H2,1-2H3. The summed E-state index contributed by atoms with van der Waals surface area (Å²) in [6.07, 6.45) is 5.58. The van der Waals surface area contributed by atoms with E-state index < -0.39 is 0 Å². The van der Waals surface area contributed by atoms with Crippen LogP contribution in [-0.4, -0.2) is 18.0 Å². The molecule has 0 N–H and O–H groups in total. The van der Waals surface area contributed by atoms with Crippen LogP contribution in [0.3, 0.4) is 0 Å². The van der Waals surface area contributed by atoms with Gasteiger partial charge in [-0.1, -0.05) is 19.8 Å². The highest BCUT2D eigenvalue weighted by molar-refractivity contribution is 9.10. The number of thiophene rings is 1. The molecule has 2 rings (SSSR count). The van der Waals surface area contributed by atoms with E-state index in [4.69, 9.17) is 0 Å². The molecular weight excluding hydrogens is 282 g/mol. The van der Waals surface area contributed by atoms with Crippen LogP contribution in [0.4, 0.5) is 0 Å². The third-order valence-electron chi connectivity index (χ3n) is 3.62. The first kappa shape index (κ1) is 12.6. The van der Waals surface area contributed by atoms with Crippen molar-refractivity contribution in [3.63, 3.8) is 0 Å². The predicted octanol–water partition coefficient (Wildman–Crippen LogP) is 4.52. The summed E-state index contributed by atoms with van der Waals surface area (Å²) in [5.41, 5.74) is 0. The van der Waals surface area contributed by atoms with E-state index in [1.165, 1.54) is 35.0 Å². The van der Waals surface area contributed by atoms with E-state index in [2.05, 4.69) is 46.2 Å². The Balaban J connectivity index is 1.92. The monoisotopic (exact) mass is 301 g/mol. The molecule has 16 heavy (non-hydrogen) atoms. The van der Waals surface area contributed by atoms with Crippen LogP contribution >= 0.6 is 27.3 Å². The number of nitrogens with zero attached hydrogens (tertiary/aromatic N) is 1. The van der Waals surface area contributed by atoms with Crippen molar-refractivity contribution >= 4 is 27.3 Å². The molecule has 1 fully saturated rings. The summed E-state index contributed by atoms with van der Waals surface area (Å²) in [5, 5.41) is 2.16. The molecule has 0 spiro atoms. The van der Waals surface area contributed by atoms with Crippen molar-refractivity contribution in [1.29, 1.82) is 0 Å². The van der Waals surface area contributed by atoms with Crippen molar-refractivity contribution in [2.45, 2.75) is 45.2 Å². The molecule has 1 aliphatic carbocycles. The van der Waals surface area contributed by atoms with Gasteiger partial charge < -0.3 is 0 Å². The minimum absolute atomic E-state index is 0.790. The normalized spacial score (nSPS) is 26.2. The van der Waals surface area contributed by atoms with Crippen molar-refractivity contribution in [3.05, 3.63) is 20.8 Å². The molecule has 1 aliphatic rings. The van der Waals surface area contributed by atoms with Gasteiger partial charge in [-0.15, -0.1) is 11.3 Å². The van der Waals surface area contributed by atoms with E-state index in [0.29, 0.717) is 0 Å². The average Bonchev–Trinajstić information content (AvgIpc) is 2.64. The van der Waals surface area contributed by atoms with E-state index in [1.807, 2.05) is 11.3 Å². The summed E-state index contributed by atoms with van der Waals surface area (Å²) in [4.78, 5) is 3.99. The number of rotatable bonds is 3. The van der Waals surface area contributed by atoms with E-state index >= 15 is 0 Å². The molecule has 0 radical (unpaired) electrons. The highest BCUT2D eigenvalue weighted by atomic mass is 79.9. The van der Waals surface area contributed by atoms with E-state index in [-0.39, 0.29) is 0 Å². The van der Waals surface area contributed by atoms with Crippen molar-refractivity contribution in [1.82, 2.24) is 4.90 Å². The first-order valence-electron chi connectivity index (χ1n) is 6.09. The highest BCUT2D eigenvalue weighted by Gasteiger charge is 2.22. The number of hydrogen-bond acceptors (Lipinski definition) is 2. The second-order valence-electron chi connectivity index (χ2n) is 5.03. The Bertz CT molecular complexity index is 336. The number of halogens is 1. The topological polar surface area (TPSA) is 3.24 Å².